The molecule has 1 unspecified atom stereocenters. The van der Waals surface area contributed by atoms with Crippen molar-refractivity contribution in [2.45, 2.75) is 23.4 Å². The molecule has 2 heterocycles. The SMILES string of the molecule is NC(=O)C(F)(F)F.O=S(=O)(O)c1cccc(C2CNCCc3c2cc2c(c3Cl)OCO2)c1. The average molecular weight is 495 g/mol. The summed E-state index contributed by atoms with van der Waals surface area (Å²) in [6.07, 6.45) is -4.13. The van der Waals surface area contributed by atoms with Gasteiger partial charge in [-0.05, 0) is 47.9 Å². The van der Waals surface area contributed by atoms with E-state index in [1.54, 1.807) is 6.07 Å². The maximum Gasteiger partial charge on any atom is 0.470 e. The van der Waals surface area contributed by atoms with Crippen LogP contribution in [0, 0.1) is 0 Å². The standard InChI is InChI=1S/C17H16ClNO5S.C2H2F3NO/c18-16-12-4-5-19-8-14(13(12)7-15-17(16)24-9-23-15)10-2-1-3-11(6-10)25(20,21)22;3-2(4,5)1(6)7/h1-3,6-7,14,19H,4-5,8-9H2,(H,20,21,22);(H2,6,7). The van der Waals surface area contributed by atoms with Gasteiger partial charge in [0, 0.05) is 12.5 Å². The normalized spacial score (nSPS) is 17.6. The Morgan fingerprint density at radius 3 is 2.56 bits per heavy atom. The minimum atomic E-state index is -4.86. The molecule has 174 valence electrons. The van der Waals surface area contributed by atoms with Crippen molar-refractivity contribution in [1.29, 1.82) is 0 Å². The molecular weight excluding hydrogens is 477 g/mol. The third-order valence-electron chi connectivity index (χ3n) is 4.85. The second-order valence-electron chi connectivity index (χ2n) is 6.91. The molecular formula is C19H18ClF3N2O6S. The first-order chi connectivity index (χ1) is 14.9. The van der Waals surface area contributed by atoms with Crippen LogP contribution in [0.5, 0.6) is 11.5 Å². The minimum Gasteiger partial charge on any atom is -0.454 e. The number of benzene rings is 2. The monoisotopic (exact) mass is 494 g/mol. The van der Waals surface area contributed by atoms with Gasteiger partial charge in [0.15, 0.2) is 11.5 Å². The summed E-state index contributed by atoms with van der Waals surface area (Å²) in [4.78, 5) is 9.00. The van der Waals surface area contributed by atoms with Gasteiger partial charge in [-0.15, -0.1) is 0 Å². The zero-order chi connectivity index (χ0) is 23.7. The number of primary amides is 1. The summed E-state index contributed by atoms with van der Waals surface area (Å²) in [7, 11) is -4.26. The van der Waals surface area contributed by atoms with Crippen LogP contribution in [-0.4, -0.2) is 44.9 Å². The maximum atomic E-state index is 11.5. The van der Waals surface area contributed by atoms with Crippen molar-refractivity contribution in [3.63, 3.8) is 0 Å². The molecule has 0 saturated carbocycles. The van der Waals surface area contributed by atoms with Crippen LogP contribution in [0.4, 0.5) is 13.2 Å². The molecule has 0 saturated heterocycles. The van der Waals surface area contributed by atoms with Crippen LogP contribution >= 0.6 is 11.6 Å². The van der Waals surface area contributed by atoms with Gasteiger partial charge in [-0.1, -0.05) is 23.7 Å². The highest BCUT2D eigenvalue weighted by atomic mass is 35.5. The van der Waals surface area contributed by atoms with E-state index in [0.717, 1.165) is 29.7 Å². The Balaban J connectivity index is 0.000000360. The van der Waals surface area contributed by atoms with Gasteiger partial charge in [0.1, 0.15) is 0 Å². The fraction of sp³-hybridized carbons (Fsp3) is 0.316. The van der Waals surface area contributed by atoms with E-state index in [1.165, 1.54) is 12.1 Å². The number of hydrogen-bond donors (Lipinski definition) is 3. The molecule has 0 bridgehead atoms. The summed E-state index contributed by atoms with van der Waals surface area (Å²) < 4.78 is 75.3. The molecule has 4 rings (SSSR count). The highest BCUT2D eigenvalue weighted by Crippen LogP contribution is 2.46. The van der Waals surface area contributed by atoms with Crippen LogP contribution < -0.4 is 20.5 Å². The van der Waals surface area contributed by atoms with Crippen molar-refractivity contribution in [3.8, 4) is 11.5 Å². The largest absolute Gasteiger partial charge is 0.470 e. The quantitative estimate of drug-likeness (QED) is 0.547. The fourth-order valence-electron chi connectivity index (χ4n) is 3.38. The molecule has 2 aliphatic heterocycles. The van der Waals surface area contributed by atoms with Gasteiger partial charge < -0.3 is 20.5 Å². The van der Waals surface area contributed by atoms with E-state index >= 15 is 0 Å². The van der Waals surface area contributed by atoms with Crippen molar-refractivity contribution in [1.82, 2.24) is 5.32 Å². The van der Waals surface area contributed by atoms with E-state index in [1.807, 2.05) is 12.1 Å². The third kappa shape index (κ3) is 5.26. The van der Waals surface area contributed by atoms with Crippen molar-refractivity contribution in [3.05, 3.63) is 52.0 Å². The Kier molecular flexibility index (Phi) is 6.89. The highest BCUT2D eigenvalue weighted by molar-refractivity contribution is 7.85. The minimum absolute atomic E-state index is 0.119. The van der Waals surface area contributed by atoms with Gasteiger partial charge in [0.05, 0.1) is 9.92 Å². The predicted molar refractivity (Wildman–Crippen MR) is 107 cm³/mol. The molecule has 2 aromatic rings. The first-order valence-corrected chi connectivity index (χ1v) is 11.0. The average Bonchev–Trinajstić information content (AvgIpc) is 3.07. The van der Waals surface area contributed by atoms with Gasteiger partial charge in [0.25, 0.3) is 10.1 Å². The summed E-state index contributed by atoms with van der Waals surface area (Å²) in [6, 6.07) is 8.25. The van der Waals surface area contributed by atoms with E-state index in [4.69, 9.17) is 25.9 Å². The number of alkyl halides is 3. The Labute approximate surface area is 186 Å². The van der Waals surface area contributed by atoms with Crippen molar-refractivity contribution < 1.29 is 40.4 Å². The summed E-state index contributed by atoms with van der Waals surface area (Å²) in [5.74, 6) is -1.21. The molecule has 2 aliphatic rings. The Morgan fingerprint density at radius 1 is 1.25 bits per heavy atom. The van der Waals surface area contributed by atoms with Crippen LogP contribution in [0.25, 0.3) is 0 Å². The molecule has 2 aromatic carbocycles. The predicted octanol–water partition coefficient (Wildman–Crippen LogP) is 2.63. The molecule has 0 radical (unpaired) electrons. The van der Waals surface area contributed by atoms with E-state index in [0.29, 0.717) is 23.1 Å². The number of rotatable bonds is 2. The second kappa shape index (κ2) is 9.14. The lowest BCUT2D eigenvalue weighted by Crippen LogP contribution is -2.30. The lowest BCUT2D eigenvalue weighted by atomic mass is 9.87. The molecule has 13 heteroatoms. The van der Waals surface area contributed by atoms with Crippen molar-refractivity contribution >= 4 is 27.6 Å². The Morgan fingerprint density at radius 2 is 1.94 bits per heavy atom. The number of fused-ring (bicyclic) bond motifs is 2. The summed E-state index contributed by atoms with van der Waals surface area (Å²) in [5.41, 5.74) is 6.53. The van der Waals surface area contributed by atoms with Crippen molar-refractivity contribution in [2.75, 3.05) is 19.9 Å². The van der Waals surface area contributed by atoms with Gasteiger partial charge >= 0.3 is 12.1 Å². The zero-order valence-electron chi connectivity index (χ0n) is 16.3. The van der Waals surface area contributed by atoms with Crippen LogP contribution in [0.15, 0.2) is 35.2 Å². The maximum absolute atomic E-state index is 11.5. The number of carbonyl (C=O) groups excluding carboxylic acids is 1. The molecule has 0 aliphatic carbocycles. The second-order valence-corrected chi connectivity index (χ2v) is 8.71. The van der Waals surface area contributed by atoms with E-state index in [2.05, 4.69) is 11.1 Å². The number of ether oxygens (including phenoxy) is 2. The molecule has 32 heavy (non-hydrogen) atoms. The third-order valence-corrected chi connectivity index (χ3v) is 6.10. The van der Waals surface area contributed by atoms with Crippen LogP contribution in [-0.2, 0) is 21.3 Å². The number of nitrogens with two attached hydrogens (primary N) is 1. The number of halogens is 4. The van der Waals surface area contributed by atoms with Crippen LogP contribution in [0.3, 0.4) is 0 Å². The number of carbonyl (C=O) groups is 1. The molecule has 8 nitrogen and oxygen atoms in total. The van der Waals surface area contributed by atoms with E-state index in [9.17, 15) is 26.1 Å². The number of amides is 1. The Hall–Kier alpha value is -2.54. The fourth-order valence-corrected chi connectivity index (χ4v) is 4.27. The molecule has 0 aromatic heterocycles. The number of hydrogen-bond acceptors (Lipinski definition) is 6. The summed E-state index contributed by atoms with van der Waals surface area (Å²) >= 11 is 6.53. The van der Waals surface area contributed by atoms with E-state index in [-0.39, 0.29) is 17.6 Å². The van der Waals surface area contributed by atoms with Gasteiger partial charge in [0.2, 0.25) is 6.79 Å². The lowest BCUT2D eigenvalue weighted by molar-refractivity contribution is -0.169. The zero-order valence-corrected chi connectivity index (χ0v) is 17.9. The molecule has 4 N–H and O–H groups in total. The summed E-state index contributed by atoms with van der Waals surface area (Å²) in [5, 5.41) is 3.90. The highest BCUT2D eigenvalue weighted by Gasteiger charge is 2.35. The van der Waals surface area contributed by atoms with Crippen LogP contribution in [0.2, 0.25) is 5.02 Å². The van der Waals surface area contributed by atoms with Crippen molar-refractivity contribution in [2.24, 2.45) is 5.73 Å². The topological polar surface area (TPSA) is 128 Å². The van der Waals surface area contributed by atoms with Gasteiger partial charge in [-0.2, -0.15) is 21.6 Å². The molecule has 1 atom stereocenters. The molecule has 0 fully saturated rings. The van der Waals surface area contributed by atoms with Crippen LogP contribution in [0.1, 0.15) is 22.6 Å². The first kappa shape index (κ1) is 24.1. The van der Waals surface area contributed by atoms with Gasteiger partial charge in [-0.25, -0.2) is 0 Å². The molecule has 0 spiro atoms. The lowest BCUT2D eigenvalue weighted by Gasteiger charge is -2.20. The number of nitrogens with one attached hydrogen (secondary N) is 1. The van der Waals surface area contributed by atoms with Gasteiger partial charge in [-0.3, -0.25) is 9.35 Å². The smallest absolute Gasteiger partial charge is 0.454 e. The Bertz CT molecular complexity index is 1140. The molecule has 1 amide bonds. The first-order valence-electron chi connectivity index (χ1n) is 9.15. The summed E-state index contributed by atoms with van der Waals surface area (Å²) in [6.45, 7) is 1.51. The van der Waals surface area contributed by atoms with E-state index < -0.39 is 22.2 Å².